The molecule has 0 bridgehead atoms. The molecule has 0 spiro atoms. The molecular weight excluding hydrogens is 272 g/mol. The quantitative estimate of drug-likeness (QED) is 0.923. The number of hydrogen-bond donors (Lipinski definition) is 1. The highest BCUT2D eigenvalue weighted by molar-refractivity contribution is 6.30. The first-order valence-electron chi connectivity index (χ1n) is 7.14. The molecule has 2 rings (SSSR count). The Labute approximate surface area is 127 Å². The Kier molecular flexibility index (Phi) is 4.45. The zero-order valence-corrected chi connectivity index (χ0v) is 13.6. The number of hydroxylamine groups is 2. The van der Waals surface area contributed by atoms with E-state index in [1.54, 1.807) is 0 Å². The molecule has 1 aromatic carbocycles. The number of rotatable bonds is 3. The molecule has 0 saturated carbocycles. The Hall–Kier alpha value is -0.610. The van der Waals surface area contributed by atoms with E-state index in [1.165, 1.54) is 0 Å². The van der Waals surface area contributed by atoms with Gasteiger partial charge in [0, 0.05) is 22.1 Å². The van der Waals surface area contributed by atoms with Gasteiger partial charge in [0.25, 0.3) is 0 Å². The average molecular weight is 297 g/mol. The lowest BCUT2D eigenvalue weighted by Gasteiger charge is -2.53. The van der Waals surface area contributed by atoms with Crippen molar-refractivity contribution in [3.8, 4) is 0 Å². The maximum atomic E-state index is 6.18. The van der Waals surface area contributed by atoms with Crippen LogP contribution in [0, 0.1) is 0 Å². The zero-order chi connectivity index (χ0) is 15.0. The summed E-state index contributed by atoms with van der Waals surface area (Å²) in [7, 11) is 0. The van der Waals surface area contributed by atoms with Crippen molar-refractivity contribution in [3.63, 3.8) is 0 Å². The predicted molar refractivity (Wildman–Crippen MR) is 83.4 cm³/mol. The normalized spacial score (nSPS) is 22.9. The Morgan fingerprint density at radius 2 is 1.65 bits per heavy atom. The second-order valence-corrected chi connectivity index (χ2v) is 7.42. The van der Waals surface area contributed by atoms with Crippen molar-refractivity contribution in [2.45, 2.75) is 64.3 Å². The molecule has 1 heterocycles. The van der Waals surface area contributed by atoms with E-state index < -0.39 is 0 Å². The summed E-state index contributed by atoms with van der Waals surface area (Å²) in [6.07, 6.45) is 1.88. The second kappa shape index (κ2) is 5.64. The highest BCUT2D eigenvalue weighted by Gasteiger charge is 2.45. The summed E-state index contributed by atoms with van der Waals surface area (Å²) in [4.78, 5) is 6.12. The van der Waals surface area contributed by atoms with Gasteiger partial charge in [-0.05, 0) is 58.2 Å². The third-order valence-electron chi connectivity index (χ3n) is 3.90. The van der Waals surface area contributed by atoms with Gasteiger partial charge in [0.15, 0.2) is 0 Å². The first-order chi connectivity index (χ1) is 9.21. The van der Waals surface area contributed by atoms with Crippen molar-refractivity contribution in [1.29, 1.82) is 0 Å². The third kappa shape index (κ3) is 3.53. The summed E-state index contributed by atoms with van der Waals surface area (Å²) in [6, 6.07) is 8.01. The molecule has 3 nitrogen and oxygen atoms in total. The minimum atomic E-state index is -0.0619. The van der Waals surface area contributed by atoms with E-state index in [1.807, 2.05) is 24.3 Å². The fourth-order valence-electron chi connectivity index (χ4n) is 3.41. The molecule has 0 radical (unpaired) electrons. The van der Waals surface area contributed by atoms with Crippen LogP contribution in [0.5, 0.6) is 0 Å². The van der Waals surface area contributed by atoms with Crippen molar-refractivity contribution in [2.24, 2.45) is 5.73 Å². The number of nitrogens with two attached hydrogens (primary N) is 1. The van der Waals surface area contributed by atoms with Crippen LogP contribution in [0.1, 0.15) is 46.1 Å². The maximum Gasteiger partial charge on any atom is 0.0936 e. The first-order valence-corrected chi connectivity index (χ1v) is 7.52. The number of hydrogen-bond acceptors (Lipinski definition) is 3. The fraction of sp³-hybridized carbons (Fsp3) is 0.625. The standard InChI is InChI=1S/C16H25ClN2O/c1-15(2)9-14(18)10-16(3,4)19(15)20-11-12-5-7-13(17)8-6-12/h5-8,14H,9-11,18H2,1-4H3. The topological polar surface area (TPSA) is 38.5 Å². The molecule has 1 fully saturated rings. The van der Waals surface area contributed by atoms with E-state index in [4.69, 9.17) is 22.2 Å². The van der Waals surface area contributed by atoms with Crippen molar-refractivity contribution >= 4 is 11.6 Å². The first kappa shape index (κ1) is 15.8. The van der Waals surface area contributed by atoms with Crippen molar-refractivity contribution in [3.05, 3.63) is 34.9 Å². The molecule has 0 aromatic heterocycles. The average Bonchev–Trinajstić information content (AvgIpc) is 2.28. The molecule has 1 aliphatic heterocycles. The molecule has 0 unspecified atom stereocenters. The van der Waals surface area contributed by atoms with Gasteiger partial charge in [-0.25, -0.2) is 0 Å². The van der Waals surface area contributed by atoms with Crippen molar-refractivity contribution < 1.29 is 4.84 Å². The fourth-order valence-corrected chi connectivity index (χ4v) is 3.54. The molecule has 112 valence electrons. The van der Waals surface area contributed by atoms with Gasteiger partial charge in [-0.2, -0.15) is 5.06 Å². The Balaban J connectivity index is 2.08. The minimum Gasteiger partial charge on any atom is -0.328 e. The van der Waals surface area contributed by atoms with Crippen molar-refractivity contribution in [1.82, 2.24) is 5.06 Å². The van der Waals surface area contributed by atoms with E-state index in [0.29, 0.717) is 6.61 Å². The molecule has 2 N–H and O–H groups in total. The van der Waals surface area contributed by atoms with E-state index in [9.17, 15) is 0 Å². The molecule has 4 heteroatoms. The summed E-state index contributed by atoms with van der Waals surface area (Å²) in [5.74, 6) is 0. The Bertz CT molecular complexity index is 438. The number of piperidine rings is 1. The molecule has 20 heavy (non-hydrogen) atoms. The van der Waals surface area contributed by atoms with E-state index >= 15 is 0 Å². The molecule has 1 aromatic rings. The Morgan fingerprint density at radius 3 is 2.15 bits per heavy atom. The van der Waals surface area contributed by atoms with Crippen LogP contribution in [0.2, 0.25) is 5.02 Å². The van der Waals surface area contributed by atoms with Crippen LogP contribution in [0.15, 0.2) is 24.3 Å². The van der Waals surface area contributed by atoms with Crippen LogP contribution < -0.4 is 5.73 Å². The van der Waals surface area contributed by atoms with Gasteiger partial charge in [-0.15, -0.1) is 0 Å². The van der Waals surface area contributed by atoms with Gasteiger partial charge >= 0.3 is 0 Å². The maximum absolute atomic E-state index is 6.18. The Morgan fingerprint density at radius 1 is 1.15 bits per heavy atom. The highest BCUT2D eigenvalue weighted by atomic mass is 35.5. The van der Waals surface area contributed by atoms with E-state index in [2.05, 4.69) is 32.8 Å². The summed E-state index contributed by atoms with van der Waals surface area (Å²) in [5, 5.41) is 2.87. The van der Waals surface area contributed by atoms with Gasteiger partial charge in [0.05, 0.1) is 6.61 Å². The SMILES string of the molecule is CC1(C)CC(N)CC(C)(C)N1OCc1ccc(Cl)cc1. The van der Waals surface area contributed by atoms with Crippen LogP contribution in [0.4, 0.5) is 0 Å². The number of benzene rings is 1. The summed E-state index contributed by atoms with van der Waals surface area (Å²) in [5.41, 5.74) is 7.17. The van der Waals surface area contributed by atoms with Gasteiger partial charge in [0.2, 0.25) is 0 Å². The van der Waals surface area contributed by atoms with Gasteiger partial charge in [-0.1, -0.05) is 23.7 Å². The lowest BCUT2D eigenvalue weighted by atomic mass is 9.79. The predicted octanol–water partition coefficient (Wildman–Crippen LogP) is 3.75. The van der Waals surface area contributed by atoms with Gasteiger partial charge in [-0.3, -0.25) is 4.84 Å². The van der Waals surface area contributed by atoms with E-state index in [0.717, 1.165) is 23.4 Å². The molecule has 0 atom stereocenters. The summed E-state index contributed by atoms with van der Waals surface area (Å²) >= 11 is 5.90. The van der Waals surface area contributed by atoms with Crippen LogP contribution in [-0.2, 0) is 11.4 Å². The highest BCUT2D eigenvalue weighted by Crippen LogP contribution is 2.38. The number of halogens is 1. The van der Waals surface area contributed by atoms with E-state index in [-0.39, 0.29) is 17.1 Å². The minimum absolute atomic E-state index is 0.0619. The van der Waals surface area contributed by atoms with Crippen LogP contribution >= 0.6 is 11.6 Å². The molecule has 1 saturated heterocycles. The van der Waals surface area contributed by atoms with Crippen LogP contribution in [-0.4, -0.2) is 22.2 Å². The summed E-state index contributed by atoms with van der Waals surface area (Å²) in [6.45, 7) is 9.32. The monoisotopic (exact) mass is 296 g/mol. The third-order valence-corrected chi connectivity index (χ3v) is 4.15. The van der Waals surface area contributed by atoms with Crippen LogP contribution in [0.3, 0.4) is 0 Å². The van der Waals surface area contributed by atoms with Crippen molar-refractivity contribution in [2.75, 3.05) is 0 Å². The zero-order valence-electron chi connectivity index (χ0n) is 12.8. The summed E-state index contributed by atoms with van der Waals surface area (Å²) < 4.78 is 0. The number of nitrogens with zero attached hydrogens (tertiary/aromatic N) is 1. The molecule has 0 amide bonds. The lowest BCUT2D eigenvalue weighted by molar-refractivity contribution is -0.290. The largest absolute Gasteiger partial charge is 0.328 e. The lowest BCUT2D eigenvalue weighted by Crippen LogP contribution is -2.62. The molecule has 0 aliphatic carbocycles. The second-order valence-electron chi connectivity index (χ2n) is 6.99. The van der Waals surface area contributed by atoms with Gasteiger partial charge < -0.3 is 5.73 Å². The molecular formula is C16H25ClN2O. The molecule has 1 aliphatic rings. The van der Waals surface area contributed by atoms with Crippen LogP contribution in [0.25, 0.3) is 0 Å². The smallest absolute Gasteiger partial charge is 0.0936 e. The van der Waals surface area contributed by atoms with Gasteiger partial charge in [0.1, 0.15) is 0 Å².